The third-order valence-corrected chi connectivity index (χ3v) is 1.75. The maximum Gasteiger partial charge on any atom is 0.155 e. The summed E-state index contributed by atoms with van der Waals surface area (Å²) in [6.45, 7) is 21.0. The zero-order valence-electron chi connectivity index (χ0n) is 19.2. The number of hydrogen-bond acceptors (Lipinski definition) is 3. The van der Waals surface area contributed by atoms with E-state index in [4.69, 9.17) is 0 Å². The van der Waals surface area contributed by atoms with Gasteiger partial charge in [-0.2, -0.15) is 5.10 Å². The molecule has 0 saturated heterocycles. The zero-order valence-corrected chi connectivity index (χ0v) is 19.2. The Morgan fingerprint density at radius 1 is 0.704 bits per heavy atom. The third-order valence-electron chi connectivity index (χ3n) is 1.75. The minimum atomic E-state index is 0.833. The van der Waals surface area contributed by atoms with Gasteiger partial charge >= 0.3 is 0 Å². The van der Waals surface area contributed by atoms with Gasteiger partial charge in [0.2, 0.25) is 0 Å². The summed E-state index contributed by atoms with van der Waals surface area (Å²) in [5.74, 6) is 1.67. The molecule has 0 aliphatic heterocycles. The summed E-state index contributed by atoms with van der Waals surface area (Å²) in [7, 11) is 0. The largest absolute Gasteiger partial charge is 0.265 e. The van der Waals surface area contributed by atoms with E-state index in [0.717, 1.165) is 17.5 Å². The average molecular weight is 375 g/mol. The predicted molar refractivity (Wildman–Crippen MR) is 121 cm³/mol. The number of fused-ring (bicyclic) bond motifs is 1. The molecular weight excluding hydrogens is 332 g/mol. The van der Waals surface area contributed by atoms with Crippen LogP contribution in [0.15, 0.2) is 61.3 Å². The summed E-state index contributed by atoms with van der Waals surface area (Å²) < 4.78 is 1.72. The molecular formula is C23H42N4. The minimum Gasteiger partial charge on any atom is -0.265 e. The van der Waals surface area contributed by atoms with Crippen LogP contribution in [0.1, 0.15) is 69.2 Å². The molecule has 27 heavy (non-hydrogen) atoms. The molecule has 3 aromatic rings. The van der Waals surface area contributed by atoms with Gasteiger partial charge in [0.1, 0.15) is 6.33 Å². The fourth-order valence-electron chi connectivity index (χ4n) is 1.08. The second-order valence-electron chi connectivity index (χ2n) is 6.25. The van der Waals surface area contributed by atoms with E-state index in [1.807, 2.05) is 70.3 Å². The summed E-state index contributed by atoms with van der Waals surface area (Å²) >= 11 is 0. The molecule has 0 unspecified atom stereocenters. The van der Waals surface area contributed by atoms with Crippen molar-refractivity contribution in [2.75, 3.05) is 0 Å². The normalized spacial score (nSPS) is 8.30. The number of rotatable bonds is 0. The van der Waals surface area contributed by atoms with E-state index >= 15 is 0 Å². The van der Waals surface area contributed by atoms with Gasteiger partial charge in [-0.15, -0.1) is 0 Å². The van der Waals surface area contributed by atoms with Crippen LogP contribution in [0, 0.1) is 11.8 Å². The number of nitrogens with zero attached hydrogens (tertiary/aromatic N) is 4. The van der Waals surface area contributed by atoms with Crippen LogP contribution in [0.4, 0.5) is 0 Å². The van der Waals surface area contributed by atoms with E-state index in [2.05, 4.69) is 56.6 Å². The van der Waals surface area contributed by atoms with Crippen LogP contribution in [0.25, 0.3) is 5.65 Å². The number of pyridine rings is 2. The van der Waals surface area contributed by atoms with Gasteiger partial charge in [0, 0.05) is 18.6 Å². The lowest BCUT2D eigenvalue weighted by atomic mass is 10.3. The molecule has 3 rings (SSSR count). The highest BCUT2D eigenvalue weighted by Gasteiger charge is 1.87. The molecule has 0 atom stereocenters. The van der Waals surface area contributed by atoms with E-state index < -0.39 is 0 Å². The van der Waals surface area contributed by atoms with Crippen molar-refractivity contribution in [3.05, 3.63) is 61.3 Å². The van der Waals surface area contributed by atoms with E-state index in [1.54, 1.807) is 16.9 Å². The Kier molecular flexibility index (Phi) is 26.0. The SMILES string of the molecule is CC.CC.CC(C)C.CC(C)C.c1ccn2ncnc2c1.c1ccncc1. The first-order valence-electron chi connectivity index (χ1n) is 10.0. The van der Waals surface area contributed by atoms with Crippen molar-refractivity contribution in [3.63, 3.8) is 0 Å². The summed E-state index contributed by atoms with van der Waals surface area (Å²) in [4.78, 5) is 7.76. The lowest BCUT2D eigenvalue weighted by Crippen LogP contribution is -1.82. The molecule has 0 aromatic carbocycles. The highest BCUT2D eigenvalue weighted by Crippen LogP contribution is 1.93. The predicted octanol–water partition coefficient (Wildman–Crippen LogP) is 7.19. The first kappa shape index (κ1) is 29.5. The Labute approximate surface area is 168 Å². The summed E-state index contributed by atoms with van der Waals surface area (Å²) in [6.07, 6.45) is 6.90. The van der Waals surface area contributed by atoms with Crippen molar-refractivity contribution in [2.24, 2.45) is 11.8 Å². The molecule has 0 spiro atoms. The quantitative estimate of drug-likeness (QED) is 0.418. The highest BCUT2D eigenvalue weighted by molar-refractivity contribution is 5.34. The summed E-state index contributed by atoms with van der Waals surface area (Å²) in [6, 6.07) is 11.5. The Hall–Kier alpha value is -2.23. The number of hydrogen-bond donors (Lipinski definition) is 0. The molecule has 154 valence electrons. The first-order chi connectivity index (χ1) is 12.9. The summed E-state index contributed by atoms with van der Waals surface area (Å²) in [5.41, 5.74) is 0.887. The van der Waals surface area contributed by atoms with Crippen molar-refractivity contribution in [2.45, 2.75) is 69.2 Å². The molecule has 0 saturated carbocycles. The lowest BCUT2D eigenvalue weighted by molar-refractivity contribution is 0.736. The van der Waals surface area contributed by atoms with Crippen LogP contribution in [-0.2, 0) is 0 Å². The molecule has 0 amide bonds. The highest BCUT2D eigenvalue weighted by atomic mass is 15.3. The third kappa shape index (κ3) is 26.1. The van der Waals surface area contributed by atoms with Crippen LogP contribution < -0.4 is 0 Å². The van der Waals surface area contributed by atoms with E-state index in [9.17, 15) is 0 Å². The van der Waals surface area contributed by atoms with Gasteiger partial charge < -0.3 is 0 Å². The molecule has 4 nitrogen and oxygen atoms in total. The van der Waals surface area contributed by atoms with Crippen LogP contribution in [0.5, 0.6) is 0 Å². The molecule has 0 aliphatic rings. The Balaban J connectivity index is -0.000000284. The molecule has 4 heteroatoms. The molecule has 0 fully saturated rings. The fraction of sp³-hybridized carbons (Fsp3) is 0.522. The minimum absolute atomic E-state index is 0.833. The van der Waals surface area contributed by atoms with Crippen LogP contribution >= 0.6 is 0 Å². The molecule has 0 N–H and O–H groups in total. The fourth-order valence-corrected chi connectivity index (χ4v) is 1.08. The van der Waals surface area contributed by atoms with Crippen LogP contribution in [-0.4, -0.2) is 19.6 Å². The van der Waals surface area contributed by atoms with Gasteiger partial charge in [-0.05, 0) is 36.1 Å². The number of aromatic nitrogens is 4. The van der Waals surface area contributed by atoms with Gasteiger partial charge in [0.15, 0.2) is 5.65 Å². The molecule has 3 aromatic heterocycles. The Morgan fingerprint density at radius 2 is 1.19 bits per heavy atom. The first-order valence-corrected chi connectivity index (χ1v) is 10.0. The summed E-state index contributed by atoms with van der Waals surface area (Å²) in [5, 5.41) is 3.92. The van der Waals surface area contributed by atoms with E-state index in [-0.39, 0.29) is 0 Å². The second kappa shape index (κ2) is 23.8. The zero-order chi connectivity index (χ0) is 21.5. The smallest absolute Gasteiger partial charge is 0.155 e. The van der Waals surface area contributed by atoms with Crippen LogP contribution in [0.3, 0.4) is 0 Å². The Bertz CT molecular complexity index is 521. The van der Waals surface area contributed by atoms with Gasteiger partial charge in [0.25, 0.3) is 0 Å². The van der Waals surface area contributed by atoms with E-state index in [1.165, 1.54) is 6.33 Å². The van der Waals surface area contributed by atoms with Crippen molar-refractivity contribution in [1.29, 1.82) is 0 Å². The maximum absolute atomic E-state index is 3.97. The maximum atomic E-state index is 3.97. The van der Waals surface area contributed by atoms with Gasteiger partial charge in [-0.25, -0.2) is 9.50 Å². The van der Waals surface area contributed by atoms with Crippen LogP contribution in [0.2, 0.25) is 0 Å². The molecule has 3 heterocycles. The Morgan fingerprint density at radius 3 is 1.52 bits per heavy atom. The molecule has 0 bridgehead atoms. The van der Waals surface area contributed by atoms with Crippen molar-refractivity contribution in [1.82, 2.24) is 19.6 Å². The standard InChI is InChI=1S/C6H5N3.C5H5N.2C4H10.2C2H6/c1-2-4-9-6(3-1)7-5-8-9;1-2-4-6-5-3-1;2*1-4(2)3;2*1-2/h1-5H;1-5H;2*4H,1-3H3;2*1-2H3. The van der Waals surface area contributed by atoms with Crippen molar-refractivity contribution < 1.29 is 0 Å². The van der Waals surface area contributed by atoms with Crippen molar-refractivity contribution >= 4 is 5.65 Å². The van der Waals surface area contributed by atoms with Gasteiger partial charge in [0.05, 0.1) is 0 Å². The van der Waals surface area contributed by atoms with E-state index in [0.29, 0.717) is 0 Å². The molecule has 0 radical (unpaired) electrons. The average Bonchev–Trinajstić information content (AvgIpc) is 3.15. The monoisotopic (exact) mass is 374 g/mol. The lowest BCUT2D eigenvalue weighted by Gasteiger charge is -1.84. The second-order valence-corrected chi connectivity index (χ2v) is 6.25. The van der Waals surface area contributed by atoms with Gasteiger partial charge in [-0.1, -0.05) is 81.4 Å². The van der Waals surface area contributed by atoms with Gasteiger partial charge in [-0.3, -0.25) is 4.98 Å². The van der Waals surface area contributed by atoms with Crippen molar-refractivity contribution in [3.8, 4) is 0 Å². The molecule has 0 aliphatic carbocycles. The topological polar surface area (TPSA) is 43.1 Å².